The van der Waals surface area contributed by atoms with E-state index in [2.05, 4.69) is 0 Å². The smallest absolute Gasteiger partial charge is 0.335 e. The summed E-state index contributed by atoms with van der Waals surface area (Å²) in [6.07, 6.45) is 2.34. The maximum atomic E-state index is 15.0. The lowest BCUT2D eigenvalue weighted by molar-refractivity contribution is -0.131. The number of rotatable bonds is 5. The molecule has 272 valence electrons. The molecule has 2 aliphatic carbocycles. The fourth-order valence-corrected chi connectivity index (χ4v) is 10.8. The second kappa shape index (κ2) is 12.0. The summed E-state index contributed by atoms with van der Waals surface area (Å²) >= 11 is 7.85. The summed E-state index contributed by atoms with van der Waals surface area (Å²) in [4.78, 5) is 73.1. The zero-order valence-electron chi connectivity index (χ0n) is 29.3. The summed E-state index contributed by atoms with van der Waals surface area (Å²) in [5, 5.41) is 26.2. The Morgan fingerprint density at radius 2 is 1.70 bits per heavy atom. The quantitative estimate of drug-likeness (QED) is 0.142. The average molecular weight is 761 g/mol. The molecule has 4 aliphatic rings. The fourth-order valence-electron chi connectivity index (χ4n) is 9.53. The number of aromatic nitrogens is 2. The molecule has 0 spiro atoms. The number of phenols is 1. The first-order chi connectivity index (χ1) is 25.8. The van der Waals surface area contributed by atoms with Crippen LogP contribution in [0.3, 0.4) is 0 Å². The van der Waals surface area contributed by atoms with Crippen molar-refractivity contribution < 1.29 is 34.2 Å². The van der Waals surface area contributed by atoms with Crippen molar-refractivity contribution in [2.45, 2.75) is 32.6 Å². The number of thiophene rings is 1. The molecule has 11 nitrogen and oxygen atoms in total. The van der Waals surface area contributed by atoms with E-state index in [-0.39, 0.29) is 29.8 Å². The van der Waals surface area contributed by atoms with Crippen LogP contribution in [0.1, 0.15) is 47.2 Å². The van der Waals surface area contributed by atoms with Crippen LogP contribution in [0.15, 0.2) is 84.4 Å². The number of anilines is 2. The van der Waals surface area contributed by atoms with Gasteiger partial charge in [-0.05, 0) is 97.7 Å². The number of aromatic carboxylic acids is 1. The molecule has 5 aromatic rings. The van der Waals surface area contributed by atoms with Gasteiger partial charge in [0.05, 0.1) is 39.3 Å². The topological polar surface area (TPSA) is 150 Å². The van der Waals surface area contributed by atoms with Gasteiger partial charge in [0.15, 0.2) is 0 Å². The van der Waals surface area contributed by atoms with Crippen molar-refractivity contribution in [3.63, 3.8) is 0 Å². The van der Waals surface area contributed by atoms with Gasteiger partial charge in [0.2, 0.25) is 23.6 Å². The molecule has 0 radical (unpaired) electrons. The predicted molar refractivity (Wildman–Crippen MR) is 202 cm³/mol. The molecule has 4 amide bonds. The highest BCUT2D eigenvalue weighted by Gasteiger charge is 2.68. The number of hydrogen-bond donors (Lipinski definition) is 2. The number of carboxylic acid groups (broad SMARTS) is 1. The molecule has 2 aliphatic heterocycles. The number of carbonyl (C=O) groups is 5. The molecule has 1 saturated carbocycles. The van der Waals surface area contributed by atoms with Crippen LogP contribution in [0.2, 0.25) is 5.02 Å². The monoisotopic (exact) mass is 760 g/mol. The predicted octanol–water partition coefficient (Wildman–Crippen LogP) is 7.10. The van der Waals surface area contributed by atoms with Gasteiger partial charge in [-0.3, -0.25) is 28.8 Å². The number of hydrogen-bond acceptors (Lipinski definition) is 8. The number of benzene rings is 3. The van der Waals surface area contributed by atoms with Crippen molar-refractivity contribution in [1.82, 2.24) is 9.78 Å². The summed E-state index contributed by atoms with van der Waals surface area (Å²) in [5.74, 6) is -6.11. The molecule has 2 N–H and O–H groups in total. The first-order valence-electron chi connectivity index (χ1n) is 17.6. The Kier molecular flexibility index (Phi) is 7.57. The Labute approximate surface area is 318 Å². The zero-order valence-corrected chi connectivity index (χ0v) is 30.9. The number of fused-ring (bicyclic) bond motifs is 5. The van der Waals surface area contributed by atoms with Crippen LogP contribution in [0.25, 0.3) is 20.7 Å². The third-order valence-electron chi connectivity index (χ3n) is 12.1. The number of carboxylic acids is 1. The van der Waals surface area contributed by atoms with E-state index in [9.17, 15) is 29.4 Å². The van der Waals surface area contributed by atoms with Crippen LogP contribution >= 0.6 is 22.9 Å². The SMILES string of the molecule is Cc1c(-c2cc(N3C(=O)[C@@H]4C[C@@H]5C(=CC[C@@H]6C(=O)N(c7cccc(C(=O)O)c7)C(=O)[C@@H]65)[C@H](c5ccc(O)cc5)[C@]4(C)C3=O)n(C)n2)sc2ccc(Cl)cc12. The molecule has 13 heteroatoms. The summed E-state index contributed by atoms with van der Waals surface area (Å²) in [7, 11) is 1.70. The van der Waals surface area contributed by atoms with Gasteiger partial charge in [-0.2, -0.15) is 5.10 Å². The Morgan fingerprint density at radius 3 is 2.44 bits per heavy atom. The lowest BCUT2D eigenvalue weighted by Gasteiger charge is -2.49. The highest BCUT2D eigenvalue weighted by atomic mass is 35.5. The normalized spacial score (nSPS) is 26.3. The summed E-state index contributed by atoms with van der Waals surface area (Å²) < 4.78 is 2.58. The van der Waals surface area contributed by atoms with Crippen molar-refractivity contribution in [3.05, 3.63) is 106 Å². The average Bonchev–Trinajstić information content (AvgIpc) is 3.82. The van der Waals surface area contributed by atoms with E-state index in [1.54, 1.807) is 54.3 Å². The van der Waals surface area contributed by atoms with Gasteiger partial charge in [0.25, 0.3) is 0 Å². The number of amides is 4. The van der Waals surface area contributed by atoms with Crippen molar-refractivity contribution in [1.29, 1.82) is 0 Å². The zero-order chi connectivity index (χ0) is 38.0. The van der Waals surface area contributed by atoms with Crippen LogP contribution in [0, 0.1) is 36.0 Å². The van der Waals surface area contributed by atoms with Crippen molar-refractivity contribution in [3.8, 4) is 16.3 Å². The van der Waals surface area contributed by atoms with E-state index in [1.165, 1.54) is 35.2 Å². The highest BCUT2D eigenvalue weighted by molar-refractivity contribution is 7.22. The molecule has 0 bridgehead atoms. The minimum Gasteiger partial charge on any atom is -0.508 e. The summed E-state index contributed by atoms with van der Waals surface area (Å²) in [6, 6.07) is 19.8. The van der Waals surface area contributed by atoms with Gasteiger partial charge in [-0.1, -0.05) is 41.4 Å². The van der Waals surface area contributed by atoms with Crippen LogP contribution in [-0.4, -0.2) is 49.6 Å². The molecule has 0 unspecified atom stereocenters. The molecule has 3 fully saturated rings. The number of nitrogens with zero attached hydrogens (tertiary/aromatic N) is 4. The number of carbonyl (C=O) groups excluding carboxylic acids is 4. The van der Waals surface area contributed by atoms with Crippen LogP contribution in [0.4, 0.5) is 11.5 Å². The standard InChI is InChI=1S/C41H33ClN4O7S/c1-19-27-16-22(42)9-14-31(27)54-35(19)30-18-32(44(3)43-30)46-37(49)29-17-28-25(34(41(29,2)40(46)53)20-7-10-24(47)11-8-20)12-13-26-33(28)38(50)45(36(26)48)23-6-4-5-21(15-23)39(51)52/h4-12,14-16,18,26,28-29,33-34,47H,13,17H2,1-3H3,(H,51,52)/t26-,28+,29-,33-,34-,41+/m0/s1. The maximum Gasteiger partial charge on any atom is 0.335 e. The number of halogens is 1. The van der Waals surface area contributed by atoms with E-state index in [0.29, 0.717) is 22.1 Å². The Hall–Kier alpha value is -5.59. The second-order valence-electron chi connectivity index (χ2n) is 14.8. The number of allylic oxidation sites excluding steroid dienone is 2. The van der Waals surface area contributed by atoms with E-state index in [1.807, 2.05) is 31.2 Å². The van der Waals surface area contributed by atoms with Crippen LogP contribution < -0.4 is 9.80 Å². The number of phenolic OH excluding ortho intramolecular Hbond substituents is 1. The summed E-state index contributed by atoms with van der Waals surface area (Å²) in [5.41, 5.74) is 1.95. The summed E-state index contributed by atoms with van der Waals surface area (Å²) in [6.45, 7) is 3.80. The Bertz CT molecular complexity index is 2540. The minimum absolute atomic E-state index is 0.0398. The number of aryl methyl sites for hydroxylation is 2. The number of aromatic hydroxyl groups is 1. The van der Waals surface area contributed by atoms with Crippen molar-refractivity contribution in [2.75, 3.05) is 9.80 Å². The molecule has 2 aromatic heterocycles. The molecular formula is C41H33ClN4O7S. The van der Waals surface area contributed by atoms with Gasteiger partial charge in [0, 0.05) is 28.8 Å². The Balaban J connectivity index is 1.14. The third kappa shape index (κ3) is 4.72. The minimum atomic E-state index is -1.28. The fraction of sp³-hybridized carbons (Fsp3) is 0.268. The van der Waals surface area contributed by atoms with Gasteiger partial charge < -0.3 is 10.2 Å². The lowest BCUT2D eigenvalue weighted by atomic mass is 9.51. The van der Waals surface area contributed by atoms with Gasteiger partial charge >= 0.3 is 5.97 Å². The van der Waals surface area contributed by atoms with Gasteiger partial charge in [-0.15, -0.1) is 11.3 Å². The molecule has 6 atom stereocenters. The Morgan fingerprint density at radius 1 is 0.944 bits per heavy atom. The number of imide groups is 2. The first-order valence-corrected chi connectivity index (χ1v) is 18.8. The van der Waals surface area contributed by atoms with Crippen LogP contribution in [0.5, 0.6) is 5.75 Å². The highest BCUT2D eigenvalue weighted by Crippen LogP contribution is 2.64. The van der Waals surface area contributed by atoms with E-state index < -0.39 is 64.6 Å². The molecule has 54 heavy (non-hydrogen) atoms. The molecule has 4 heterocycles. The maximum absolute atomic E-state index is 15.0. The molecular weight excluding hydrogens is 728 g/mol. The van der Waals surface area contributed by atoms with E-state index in [0.717, 1.165) is 31.0 Å². The van der Waals surface area contributed by atoms with Gasteiger partial charge in [-0.25, -0.2) is 9.69 Å². The van der Waals surface area contributed by atoms with Crippen molar-refractivity contribution >= 4 is 74.1 Å². The van der Waals surface area contributed by atoms with Crippen LogP contribution in [-0.2, 0) is 26.2 Å². The van der Waals surface area contributed by atoms with Crippen molar-refractivity contribution in [2.24, 2.45) is 36.1 Å². The third-order valence-corrected chi connectivity index (χ3v) is 13.6. The van der Waals surface area contributed by atoms with E-state index >= 15 is 4.79 Å². The largest absolute Gasteiger partial charge is 0.508 e. The second-order valence-corrected chi connectivity index (χ2v) is 16.3. The van der Waals surface area contributed by atoms with Gasteiger partial charge in [0.1, 0.15) is 17.3 Å². The van der Waals surface area contributed by atoms with E-state index in [4.69, 9.17) is 16.7 Å². The molecule has 2 saturated heterocycles. The first kappa shape index (κ1) is 34.2. The lowest BCUT2D eigenvalue weighted by Crippen LogP contribution is -2.48. The molecule has 3 aromatic carbocycles. The molecule has 9 rings (SSSR count).